The van der Waals surface area contributed by atoms with E-state index in [1.54, 1.807) is 7.11 Å². The van der Waals surface area contributed by atoms with Crippen LogP contribution in [0.3, 0.4) is 0 Å². The molecule has 2 aliphatic carbocycles. The normalized spacial score (nSPS) is 55.3. The van der Waals surface area contributed by atoms with Crippen molar-refractivity contribution in [3.05, 3.63) is 0 Å². The zero-order chi connectivity index (χ0) is 6.43. The molecule has 1 nitrogen and oxygen atoms in total. The fourth-order valence-corrected chi connectivity index (χ4v) is 2.57. The van der Waals surface area contributed by atoms with Crippen molar-refractivity contribution < 1.29 is 4.74 Å². The maximum absolute atomic E-state index is 5.95. The molecule has 0 bridgehead atoms. The Morgan fingerprint density at radius 1 is 1.44 bits per heavy atom. The molecule has 0 aromatic heterocycles. The van der Waals surface area contributed by atoms with Crippen LogP contribution in [0.15, 0.2) is 0 Å². The smallest absolute Gasteiger partial charge is 0.0617 e. The number of alkyl halides is 1. The summed E-state index contributed by atoms with van der Waals surface area (Å²) in [5.74, 6) is 1.51. The summed E-state index contributed by atoms with van der Waals surface area (Å²) in [6.45, 7) is 0. The first-order valence-electron chi connectivity index (χ1n) is 3.51. The second-order valence-corrected chi connectivity index (χ2v) is 3.54. The quantitative estimate of drug-likeness (QED) is 0.512. The molecular weight excluding hydrogens is 136 g/mol. The second-order valence-electron chi connectivity index (χ2n) is 3.04. The minimum atomic E-state index is 0.448. The zero-order valence-electron chi connectivity index (χ0n) is 5.51. The van der Waals surface area contributed by atoms with Crippen LogP contribution >= 0.6 is 11.6 Å². The highest BCUT2D eigenvalue weighted by molar-refractivity contribution is 6.23. The Kier molecular flexibility index (Phi) is 1.24. The van der Waals surface area contributed by atoms with Gasteiger partial charge < -0.3 is 4.74 Å². The van der Waals surface area contributed by atoms with Gasteiger partial charge in [0.2, 0.25) is 0 Å². The van der Waals surface area contributed by atoms with Gasteiger partial charge in [-0.1, -0.05) is 0 Å². The van der Waals surface area contributed by atoms with Crippen LogP contribution in [0, 0.1) is 11.8 Å². The average molecular weight is 147 g/mol. The van der Waals surface area contributed by atoms with Crippen molar-refractivity contribution in [3.8, 4) is 0 Å². The molecule has 2 saturated carbocycles. The third kappa shape index (κ3) is 0.714. The lowest BCUT2D eigenvalue weighted by Gasteiger charge is -2.08. The molecule has 0 aromatic rings. The van der Waals surface area contributed by atoms with E-state index in [-0.39, 0.29) is 0 Å². The predicted octanol–water partition coefficient (Wildman–Crippen LogP) is 1.65. The molecule has 2 rings (SSSR count). The first kappa shape index (κ1) is 5.99. The van der Waals surface area contributed by atoms with E-state index in [1.807, 2.05) is 0 Å². The average Bonchev–Trinajstić information content (AvgIpc) is 2.41. The monoisotopic (exact) mass is 146 g/mol. The lowest BCUT2D eigenvalue weighted by atomic mass is 10.2. The summed E-state index contributed by atoms with van der Waals surface area (Å²) in [6, 6.07) is 0. The van der Waals surface area contributed by atoms with E-state index in [9.17, 15) is 0 Å². The third-order valence-electron chi connectivity index (χ3n) is 2.65. The van der Waals surface area contributed by atoms with Crippen LogP contribution in [0.2, 0.25) is 0 Å². The van der Waals surface area contributed by atoms with Crippen molar-refractivity contribution in [3.63, 3.8) is 0 Å². The van der Waals surface area contributed by atoms with Crippen molar-refractivity contribution in [1.29, 1.82) is 0 Å². The number of hydrogen-bond donors (Lipinski definition) is 0. The Hall–Kier alpha value is 0.250. The molecule has 0 saturated heterocycles. The topological polar surface area (TPSA) is 9.23 Å². The standard InChI is InChI=1S/C7H11ClO/c1-9-5-3-2-4-6(5)7(4)8/h4-7H,2-3H2,1H3/t4-,5-,6-,7-/m1/s1. The molecule has 0 radical (unpaired) electrons. The molecule has 0 amide bonds. The van der Waals surface area contributed by atoms with Gasteiger partial charge in [0.1, 0.15) is 0 Å². The van der Waals surface area contributed by atoms with E-state index in [4.69, 9.17) is 16.3 Å². The van der Waals surface area contributed by atoms with Gasteiger partial charge in [0.05, 0.1) is 6.10 Å². The number of fused-ring (bicyclic) bond motifs is 1. The summed E-state index contributed by atoms with van der Waals surface area (Å²) in [5, 5.41) is 0.448. The van der Waals surface area contributed by atoms with Crippen LogP contribution in [0.1, 0.15) is 12.8 Å². The molecular formula is C7H11ClO. The summed E-state index contributed by atoms with van der Waals surface area (Å²) in [5.41, 5.74) is 0. The second kappa shape index (κ2) is 1.86. The first-order valence-corrected chi connectivity index (χ1v) is 3.95. The van der Waals surface area contributed by atoms with Gasteiger partial charge in [-0.3, -0.25) is 0 Å². The fraction of sp³-hybridized carbons (Fsp3) is 1.00. The van der Waals surface area contributed by atoms with Crippen molar-refractivity contribution in [2.45, 2.75) is 24.3 Å². The van der Waals surface area contributed by atoms with Crippen molar-refractivity contribution in [2.24, 2.45) is 11.8 Å². The van der Waals surface area contributed by atoms with E-state index < -0.39 is 0 Å². The molecule has 0 spiro atoms. The van der Waals surface area contributed by atoms with Gasteiger partial charge in [0.25, 0.3) is 0 Å². The van der Waals surface area contributed by atoms with Crippen LogP contribution in [0.25, 0.3) is 0 Å². The molecule has 2 aliphatic rings. The largest absolute Gasteiger partial charge is 0.381 e. The van der Waals surface area contributed by atoms with Crippen LogP contribution < -0.4 is 0 Å². The molecule has 2 heteroatoms. The molecule has 0 aliphatic heterocycles. The summed E-state index contributed by atoms with van der Waals surface area (Å²) in [6.07, 6.45) is 3.00. The maximum atomic E-state index is 5.95. The van der Waals surface area contributed by atoms with Gasteiger partial charge in [-0.2, -0.15) is 0 Å². The molecule has 4 atom stereocenters. The maximum Gasteiger partial charge on any atom is 0.0617 e. The molecule has 2 fully saturated rings. The van der Waals surface area contributed by atoms with Gasteiger partial charge in [-0.15, -0.1) is 11.6 Å². The lowest BCUT2D eigenvalue weighted by molar-refractivity contribution is 0.0913. The Balaban J connectivity index is 1.99. The molecule has 0 heterocycles. The molecule has 0 unspecified atom stereocenters. The van der Waals surface area contributed by atoms with Crippen molar-refractivity contribution >= 4 is 11.6 Å². The van der Waals surface area contributed by atoms with Crippen LogP contribution in [0.4, 0.5) is 0 Å². The Morgan fingerprint density at radius 2 is 2.22 bits per heavy atom. The van der Waals surface area contributed by atoms with Crippen LogP contribution in [-0.4, -0.2) is 18.6 Å². The summed E-state index contributed by atoms with van der Waals surface area (Å²) >= 11 is 5.95. The van der Waals surface area contributed by atoms with Crippen LogP contribution in [0.5, 0.6) is 0 Å². The van der Waals surface area contributed by atoms with E-state index in [2.05, 4.69) is 0 Å². The summed E-state index contributed by atoms with van der Waals surface area (Å²) < 4.78 is 5.25. The van der Waals surface area contributed by atoms with E-state index >= 15 is 0 Å². The van der Waals surface area contributed by atoms with Gasteiger partial charge in [0.15, 0.2) is 0 Å². The fourth-order valence-electron chi connectivity index (χ4n) is 2.01. The lowest BCUT2D eigenvalue weighted by Crippen LogP contribution is -2.11. The molecule has 52 valence electrons. The SMILES string of the molecule is CO[C@@H]1CC[C@H]2[C@@H](Cl)[C@H]21. The third-order valence-corrected chi connectivity index (χ3v) is 3.26. The minimum Gasteiger partial charge on any atom is -0.381 e. The number of halogens is 1. The van der Waals surface area contributed by atoms with E-state index in [0.29, 0.717) is 17.4 Å². The summed E-state index contributed by atoms with van der Waals surface area (Å²) in [7, 11) is 1.79. The molecule has 9 heavy (non-hydrogen) atoms. The Bertz CT molecular complexity index is 126. The number of methoxy groups -OCH3 is 1. The van der Waals surface area contributed by atoms with E-state index in [0.717, 1.165) is 5.92 Å². The van der Waals surface area contributed by atoms with Gasteiger partial charge in [-0.05, 0) is 18.8 Å². The highest BCUT2D eigenvalue weighted by Gasteiger charge is 2.57. The highest BCUT2D eigenvalue weighted by Crippen LogP contribution is 2.56. The first-order chi connectivity index (χ1) is 4.34. The number of ether oxygens (including phenoxy) is 1. The highest BCUT2D eigenvalue weighted by atomic mass is 35.5. The Morgan fingerprint density at radius 3 is 2.56 bits per heavy atom. The van der Waals surface area contributed by atoms with Crippen molar-refractivity contribution in [2.75, 3.05) is 7.11 Å². The van der Waals surface area contributed by atoms with Gasteiger partial charge in [0, 0.05) is 18.4 Å². The van der Waals surface area contributed by atoms with Crippen molar-refractivity contribution in [1.82, 2.24) is 0 Å². The van der Waals surface area contributed by atoms with Gasteiger partial charge in [-0.25, -0.2) is 0 Å². The number of rotatable bonds is 1. The van der Waals surface area contributed by atoms with E-state index in [1.165, 1.54) is 12.8 Å². The minimum absolute atomic E-state index is 0.448. The molecule has 0 aromatic carbocycles. The zero-order valence-corrected chi connectivity index (χ0v) is 6.27. The predicted molar refractivity (Wildman–Crippen MR) is 36.7 cm³/mol. The Labute approximate surface area is 60.3 Å². The van der Waals surface area contributed by atoms with Crippen LogP contribution in [-0.2, 0) is 4.74 Å². The summed E-state index contributed by atoms with van der Waals surface area (Å²) in [4.78, 5) is 0. The van der Waals surface area contributed by atoms with Gasteiger partial charge >= 0.3 is 0 Å². The molecule has 0 N–H and O–H groups in total. The number of hydrogen-bond acceptors (Lipinski definition) is 1.